The first-order valence-corrected chi connectivity index (χ1v) is 13.2. The van der Waals surface area contributed by atoms with E-state index in [9.17, 15) is 13.6 Å². The number of hydrogen-bond acceptors (Lipinski definition) is 5. The molecular formula is C32H30F2N4O2. The monoisotopic (exact) mass is 540 g/mol. The lowest BCUT2D eigenvalue weighted by Crippen LogP contribution is -2.24. The van der Waals surface area contributed by atoms with Gasteiger partial charge >= 0.3 is 0 Å². The largest absolute Gasteiger partial charge is 0.491 e. The van der Waals surface area contributed by atoms with Gasteiger partial charge in [0, 0.05) is 37.1 Å². The van der Waals surface area contributed by atoms with Crippen LogP contribution in [0.1, 0.15) is 47.3 Å². The zero-order valence-electron chi connectivity index (χ0n) is 22.3. The summed E-state index contributed by atoms with van der Waals surface area (Å²) in [6.07, 6.45) is 12.6. The molecule has 0 radical (unpaired) electrons. The number of pyridine rings is 1. The number of aliphatic imine (C=N–C) groups is 1. The number of dihydropyridines is 1. The fourth-order valence-corrected chi connectivity index (χ4v) is 4.68. The smallest absolute Gasteiger partial charge is 0.255 e. The zero-order chi connectivity index (χ0) is 28.1. The van der Waals surface area contributed by atoms with Crippen molar-refractivity contribution in [1.82, 2.24) is 10.3 Å². The number of allylic oxidation sites excluding steroid dienone is 5. The molecule has 6 nitrogen and oxygen atoms in total. The summed E-state index contributed by atoms with van der Waals surface area (Å²) in [5.74, 6) is -0.832. The lowest BCUT2D eigenvalue weighted by Gasteiger charge is -2.23. The number of anilines is 1. The highest BCUT2D eigenvalue weighted by atomic mass is 19.2. The highest BCUT2D eigenvalue weighted by Gasteiger charge is 2.20. The van der Waals surface area contributed by atoms with Gasteiger partial charge in [0.1, 0.15) is 11.6 Å². The molecular weight excluding hydrogens is 510 g/mol. The van der Waals surface area contributed by atoms with Crippen molar-refractivity contribution in [3.05, 3.63) is 119 Å². The van der Waals surface area contributed by atoms with E-state index in [2.05, 4.69) is 51.0 Å². The first-order chi connectivity index (χ1) is 19.4. The van der Waals surface area contributed by atoms with Crippen LogP contribution in [0.25, 0.3) is 5.57 Å². The van der Waals surface area contributed by atoms with Gasteiger partial charge in [-0.15, -0.1) is 0 Å². The third-order valence-electron chi connectivity index (χ3n) is 6.59. The Balaban J connectivity index is 1.33. The second-order valence-electron chi connectivity index (χ2n) is 9.97. The Morgan fingerprint density at radius 1 is 1.05 bits per heavy atom. The van der Waals surface area contributed by atoms with Crippen molar-refractivity contribution in [2.45, 2.75) is 39.5 Å². The van der Waals surface area contributed by atoms with Gasteiger partial charge in [-0.25, -0.2) is 13.8 Å². The van der Waals surface area contributed by atoms with Crippen LogP contribution in [0.4, 0.5) is 14.6 Å². The van der Waals surface area contributed by atoms with E-state index in [1.54, 1.807) is 18.3 Å². The van der Waals surface area contributed by atoms with Crippen LogP contribution in [0.2, 0.25) is 0 Å². The molecule has 3 aromatic rings. The number of carbonyl (C=O) groups excluding carboxylic acids is 1. The number of ether oxygens (including phenoxy) is 1. The van der Waals surface area contributed by atoms with E-state index >= 15 is 0 Å². The van der Waals surface area contributed by atoms with E-state index in [0.29, 0.717) is 23.5 Å². The van der Waals surface area contributed by atoms with Gasteiger partial charge < -0.3 is 15.4 Å². The van der Waals surface area contributed by atoms with Crippen molar-refractivity contribution in [3.63, 3.8) is 0 Å². The number of hydrogen-bond donors (Lipinski definition) is 2. The summed E-state index contributed by atoms with van der Waals surface area (Å²) in [5.41, 5.74) is 5.10. The van der Waals surface area contributed by atoms with Gasteiger partial charge in [-0.2, -0.15) is 0 Å². The Labute approximate surface area is 232 Å². The number of carbonyl (C=O) groups is 1. The highest BCUT2D eigenvalue weighted by Crippen LogP contribution is 2.35. The molecule has 0 saturated carbocycles. The molecule has 5 rings (SSSR count). The molecule has 2 heterocycles. The molecule has 2 N–H and O–H groups in total. The number of halogens is 2. The summed E-state index contributed by atoms with van der Waals surface area (Å²) < 4.78 is 32.8. The third-order valence-corrected chi connectivity index (χ3v) is 6.59. The molecule has 1 amide bonds. The molecule has 1 atom stereocenters. The maximum Gasteiger partial charge on any atom is 0.255 e. The summed E-state index contributed by atoms with van der Waals surface area (Å²) in [4.78, 5) is 21.8. The van der Waals surface area contributed by atoms with E-state index in [4.69, 9.17) is 4.74 Å². The summed E-state index contributed by atoms with van der Waals surface area (Å²) in [6, 6.07) is 13.0. The van der Waals surface area contributed by atoms with Crippen LogP contribution in [0, 0.1) is 17.6 Å². The van der Waals surface area contributed by atoms with Crippen molar-refractivity contribution in [1.29, 1.82) is 0 Å². The van der Waals surface area contributed by atoms with E-state index in [1.807, 2.05) is 32.2 Å². The van der Waals surface area contributed by atoms with Gasteiger partial charge in [0.05, 0.1) is 11.7 Å². The molecule has 8 heteroatoms. The van der Waals surface area contributed by atoms with Crippen molar-refractivity contribution < 1.29 is 18.3 Å². The number of aromatic nitrogens is 1. The van der Waals surface area contributed by atoms with Gasteiger partial charge in [-0.1, -0.05) is 18.2 Å². The average molecular weight is 541 g/mol. The van der Waals surface area contributed by atoms with Crippen LogP contribution >= 0.6 is 0 Å². The van der Waals surface area contributed by atoms with E-state index in [1.165, 1.54) is 11.6 Å². The molecule has 1 unspecified atom stereocenters. The molecule has 40 heavy (non-hydrogen) atoms. The molecule has 204 valence electrons. The highest BCUT2D eigenvalue weighted by molar-refractivity contribution is 5.98. The summed E-state index contributed by atoms with van der Waals surface area (Å²) in [5, 5.41) is 6.03. The number of rotatable bonds is 9. The second-order valence-corrected chi connectivity index (χ2v) is 9.97. The van der Waals surface area contributed by atoms with E-state index in [-0.39, 0.29) is 24.5 Å². The van der Waals surface area contributed by atoms with Crippen molar-refractivity contribution in [3.8, 4) is 5.75 Å². The first kappa shape index (κ1) is 27.0. The number of nitrogens with zero attached hydrogens (tertiary/aromatic N) is 2. The van der Waals surface area contributed by atoms with Gasteiger partial charge in [-0.3, -0.25) is 9.79 Å². The molecule has 2 aliphatic rings. The Bertz CT molecular complexity index is 1540. The number of benzene rings is 2. The second kappa shape index (κ2) is 12.1. The zero-order valence-corrected chi connectivity index (χ0v) is 22.3. The van der Waals surface area contributed by atoms with Crippen molar-refractivity contribution in [2.75, 3.05) is 5.32 Å². The van der Waals surface area contributed by atoms with Crippen molar-refractivity contribution in [2.24, 2.45) is 10.9 Å². The Morgan fingerprint density at radius 3 is 2.75 bits per heavy atom. The predicted octanol–water partition coefficient (Wildman–Crippen LogP) is 6.62. The Kier molecular flexibility index (Phi) is 8.15. The maximum atomic E-state index is 13.5. The normalized spacial score (nSPS) is 15.8. The Hall–Kier alpha value is -4.59. The predicted molar refractivity (Wildman–Crippen MR) is 153 cm³/mol. The molecule has 0 fully saturated rings. The maximum absolute atomic E-state index is 13.5. The SMILES string of the molecule is CC(C)Oc1cc(CNc2ncccc2C(=O)NCc2ccc(F)c(F)c2)cc(C2=CC=C3N=CC=CC3C2)c1. The number of fused-ring (bicyclic) bond motifs is 1. The minimum Gasteiger partial charge on any atom is -0.491 e. The number of nitrogens with one attached hydrogen (secondary N) is 2. The van der Waals surface area contributed by atoms with Crippen LogP contribution in [-0.2, 0) is 13.1 Å². The Morgan fingerprint density at radius 2 is 1.93 bits per heavy atom. The standard InChI is InChI=1S/C32H30F2N4O2/c1-20(2)40-26-14-22(13-25(17-26)23-8-10-30-24(16-23)5-3-11-35-30)19-37-31-27(6-4-12-36-31)32(39)38-18-21-7-9-28(33)29(34)15-21/h3-15,17,20,24H,16,18-19H2,1-2H3,(H,36,37)(H,38,39). The topological polar surface area (TPSA) is 75.6 Å². The van der Waals surface area contributed by atoms with E-state index in [0.717, 1.165) is 41.1 Å². The van der Waals surface area contributed by atoms with Gasteiger partial charge in [0.25, 0.3) is 5.91 Å². The number of amides is 1. The molecule has 0 spiro atoms. The average Bonchev–Trinajstić information content (AvgIpc) is 2.96. The van der Waals surface area contributed by atoms with Crippen LogP contribution in [0.5, 0.6) is 5.75 Å². The summed E-state index contributed by atoms with van der Waals surface area (Å²) in [7, 11) is 0. The van der Waals surface area contributed by atoms with Gasteiger partial charge in [0.2, 0.25) is 0 Å². The molecule has 0 saturated heterocycles. The minimum absolute atomic E-state index is 0.0131. The van der Waals surface area contributed by atoms with Crippen LogP contribution < -0.4 is 15.4 Å². The molecule has 0 bridgehead atoms. The van der Waals surface area contributed by atoms with Gasteiger partial charge in [0.15, 0.2) is 11.6 Å². The molecule has 1 aliphatic carbocycles. The molecule has 1 aliphatic heterocycles. The lowest BCUT2D eigenvalue weighted by atomic mass is 9.86. The first-order valence-electron chi connectivity index (χ1n) is 13.2. The van der Waals surface area contributed by atoms with Crippen molar-refractivity contribution >= 4 is 23.5 Å². The van der Waals surface area contributed by atoms with Gasteiger partial charge in [-0.05, 0) is 97.1 Å². The third kappa shape index (κ3) is 6.51. The summed E-state index contributed by atoms with van der Waals surface area (Å²) >= 11 is 0. The van der Waals surface area contributed by atoms with Crippen LogP contribution in [0.3, 0.4) is 0 Å². The minimum atomic E-state index is -0.956. The lowest BCUT2D eigenvalue weighted by molar-refractivity contribution is 0.0951. The summed E-state index contributed by atoms with van der Waals surface area (Å²) in [6.45, 7) is 4.44. The quantitative estimate of drug-likeness (QED) is 0.320. The fraction of sp³-hybridized carbons (Fsp3) is 0.219. The van der Waals surface area contributed by atoms with E-state index < -0.39 is 11.6 Å². The fourth-order valence-electron chi connectivity index (χ4n) is 4.68. The van der Waals surface area contributed by atoms with Crippen LogP contribution in [0.15, 0.2) is 89.7 Å². The van der Waals surface area contributed by atoms with Crippen LogP contribution in [-0.4, -0.2) is 23.2 Å². The molecule has 2 aromatic carbocycles. The molecule has 1 aromatic heterocycles.